The first-order valence-corrected chi connectivity index (χ1v) is 5.35. The molecule has 0 aliphatic carbocycles. The van der Waals surface area contributed by atoms with Crippen molar-refractivity contribution >= 4 is 0 Å². The van der Waals surface area contributed by atoms with Gasteiger partial charge in [0.1, 0.15) is 0 Å². The Hall–Kier alpha value is -0.380. The van der Waals surface area contributed by atoms with E-state index in [2.05, 4.69) is 6.58 Å². The maximum atomic E-state index is 5.51. The first kappa shape index (κ1) is 11.7. The number of ether oxygens (including phenoxy) is 1. The second kappa shape index (κ2) is 6.98. The Morgan fingerprint density at radius 3 is 2.86 bits per heavy atom. The molecule has 0 unspecified atom stereocenters. The Bertz CT molecular complexity index is 155. The Balaban J connectivity index is 2.05. The van der Waals surface area contributed by atoms with Crippen LogP contribution in [0.2, 0.25) is 0 Å². The SMILES string of the molecule is C=CCCON(C)CC1CCOCC1. The first-order chi connectivity index (χ1) is 6.83. The minimum atomic E-state index is 0.734. The van der Waals surface area contributed by atoms with E-state index < -0.39 is 0 Å². The molecule has 1 heterocycles. The molecule has 3 nitrogen and oxygen atoms in total. The highest BCUT2D eigenvalue weighted by molar-refractivity contribution is 4.66. The zero-order valence-corrected chi connectivity index (χ0v) is 9.08. The molecule has 0 atom stereocenters. The lowest BCUT2D eigenvalue weighted by Gasteiger charge is -2.26. The van der Waals surface area contributed by atoms with E-state index in [0.29, 0.717) is 0 Å². The van der Waals surface area contributed by atoms with Crippen LogP contribution in [0, 0.1) is 5.92 Å². The predicted octanol–water partition coefficient (Wildman–Crippen LogP) is 1.85. The maximum Gasteiger partial charge on any atom is 0.0719 e. The summed E-state index contributed by atoms with van der Waals surface area (Å²) >= 11 is 0. The molecule has 0 amide bonds. The minimum Gasteiger partial charge on any atom is -0.381 e. The summed E-state index contributed by atoms with van der Waals surface area (Å²) < 4.78 is 5.31. The van der Waals surface area contributed by atoms with Crippen molar-refractivity contribution in [2.24, 2.45) is 5.92 Å². The number of nitrogens with zero attached hydrogens (tertiary/aromatic N) is 1. The summed E-state index contributed by atoms with van der Waals surface area (Å²) in [6.45, 7) is 7.23. The van der Waals surface area contributed by atoms with Gasteiger partial charge >= 0.3 is 0 Å². The van der Waals surface area contributed by atoms with E-state index in [1.807, 2.05) is 18.2 Å². The highest BCUT2D eigenvalue weighted by Gasteiger charge is 2.15. The smallest absolute Gasteiger partial charge is 0.0719 e. The van der Waals surface area contributed by atoms with Crippen LogP contribution in [-0.4, -0.2) is 38.5 Å². The number of hydrogen-bond donors (Lipinski definition) is 0. The summed E-state index contributed by atoms with van der Waals surface area (Å²) in [6, 6.07) is 0. The Morgan fingerprint density at radius 2 is 2.21 bits per heavy atom. The van der Waals surface area contributed by atoms with Crippen LogP contribution in [0.15, 0.2) is 12.7 Å². The van der Waals surface area contributed by atoms with E-state index in [1.165, 1.54) is 0 Å². The summed E-state index contributed by atoms with van der Waals surface area (Å²) in [4.78, 5) is 5.51. The molecule has 0 aromatic heterocycles. The van der Waals surface area contributed by atoms with Crippen LogP contribution in [0.25, 0.3) is 0 Å². The summed E-state index contributed by atoms with van der Waals surface area (Å²) in [5, 5.41) is 1.94. The van der Waals surface area contributed by atoms with Crippen LogP contribution in [0.3, 0.4) is 0 Å². The molecule has 1 rings (SSSR count). The topological polar surface area (TPSA) is 21.7 Å². The summed E-state index contributed by atoms with van der Waals surface area (Å²) in [7, 11) is 2.00. The molecule has 82 valence electrons. The van der Waals surface area contributed by atoms with E-state index in [4.69, 9.17) is 9.57 Å². The number of hydroxylamine groups is 2. The monoisotopic (exact) mass is 199 g/mol. The van der Waals surface area contributed by atoms with Crippen LogP contribution in [0.1, 0.15) is 19.3 Å². The van der Waals surface area contributed by atoms with E-state index in [1.54, 1.807) is 0 Å². The zero-order chi connectivity index (χ0) is 10.2. The highest BCUT2D eigenvalue weighted by atomic mass is 16.7. The fourth-order valence-electron chi connectivity index (χ4n) is 1.64. The normalized spacial score (nSPS) is 18.7. The molecule has 1 saturated heterocycles. The van der Waals surface area contributed by atoms with Gasteiger partial charge in [-0.2, -0.15) is 5.06 Å². The number of rotatable bonds is 6. The van der Waals surface area contributed by atoms with Gasteiger partial charge in [0, 0.05) is 26.8 Å². The quantitative estimate of drug-likeness (QED) is 0.370. The second-order valence-corrected chi connectivity index (χ2v) is 3.78. The molecule has 14 heavy (non-hydrogen) atoms. The van der Waals surface area contributed by atoms with Gasteiger partial charge in [-0.1, -0.05) is 6.08 Å². The van der Waals surface area contributed by atoms with Gasteiger partial charge in [-0.15, -0.1) is 6.58 Å². The van der Waals surface area contributed by atoms with Gasteiger partial charge in [0.05, 0.1) is 6.61 Å². The van der Waals surface area contributed by atoms with Gasteiger partial charge in [0.15, 0.2) is 0 Å². The molecule has 0 aromatic carbocycles. The third-order valence-electron chi connectivity index (χ3n) is 2.49. The van der Waals surface area contributed by atoms with Gasteiger partial charge in [0.2, 0.25) is 0 Å². The van der Waals surface area contributed by atoms with E-state index in [0.717, 1.165) is 51.5 Å². The lowest BCUT2D eigenvalue weighted by atomic mass is 10.0. The molecule has 0 radical (unpaired) electrons. The molecule has 0 aromatic rings. The Morgan fingerprint density at radius 1 is 1.50 bits per heavy atom. The van der Waals surface area contributed by atoms with Crippen molar-refractivity contribution < 1.29 is 9.57 Å². The molecule has 0 bridgehead atoms. The average molecular weight is 199 g/mol. The molecular formula is C11H21NO2. The Kier molecular flexibility index (Phi) is 5.83. The molecule has 3 heteroatoms. The third-order valence-corrected chi connectivity index (χ3v) is 2.49. The number of hydrogen-bond acceptors (Lipinski definition) is 3. The summed E-state index contributed by atoms with van der Waals surface area (Å²) in [5.41, 5.74) is 0. The third kappa shape index (κ3) is 4.74. The fourth-order valence-corrected chi connectivity index (χ4v) is 1.64. The van der Waals surface area contributed by atoms with Crippen molar-refractivity contribution in [3.63, 3.8) is 0 Å². The van der Waals surface area contributed by atoms with Crippen molar-refractivity contribution in [1.82, 2.24) is 5.06 Å². The molecule has 0 spiro atoms. The lowest BCUT2D eigenvalue weighted by molar-refractivity contribution is -0.150. The van der Waals surface area contributed by atoms with Crippen molar-refractivity contribution in [1.29, 1.82) is 0 Å². The van der Waals surface area contributed by atoms with Crippen LogP contribution >= 0.6 is 0 Å². The fraction of sp³-hybridized carbons (Fsp3) is 0.818. The van der Waals surface area contributed by atoms with Crippen LogP contribution < -0.4 is 0 Å². The van der Waals surface area contributed by atoms with E-state index >= 15 is 0 Å². The molecule has 0 N–H and O–H groups in total. The van der Waals surface area contributed by atoms with Crippen molar-refractivity contribution in [3.05, 3.63) is 12.7 Å². The largest absolute Gasteiger partial charge is 0.381 e. The highest BCUT2D eigenvalue weighted by Crippen LogP contribution is 2.15. The van der Waals surface area contributed by atoms with Crippen molar-refractivity contribution in [3.8, 4) is 0 Å². The Labute approximate surface area is 86.6 Å². The second-order valence-electron chi connectivity index (χ2n) is 3.78. The standard InChI is InChI=1S/C11H21NO2/c1-3-4-7-14-12(2)10-11-5-8-13-9-6-11/h3,11H,1,4-10H2,2H3. The summed E-state index contributed by atoms with van der Waals surface area (Å²) in [6.07, 6.45) is 5.12. The zero-order valence-electron chi connectivity index (χ0n) is 9.08. The molecular weight excluding hydrogens is 178 g/mol. The molecule has 1 fully saturated rings. The summed E-state index contributed by atoms with van der Waals surface area (Å²) in [5.74, 6) is 0.734. The van der Waals surface area contributed by atoms with Crippen molar-refractivity contribution in [2.45, 2.75) is 19.3 Å². The van der Waals surface area contributed by atoms with Gasteiger partial charge in [0.25, 0.3) is 0 Å². The molecule has 1 aliphatic heterocycles. The molecule has 1 aliphatic rings. The average Bonchev–Trinajstić information content (AvgIpc) is 2.20. The van der Waals surface area contributed by atoms with Gasteiger partial charge in [-0.3, -0.25) is 4.84 Å². The lowest BCUT2D eigenvalue weighted by Crippen LogP contribution is -2.30. The van der Waals surface area contributed by atoms with Crippen LogP contribution in [0.5, 0.6) is 0 Å². The van der Waals surface area contributed by atoms with Crippen molar-refractivity contribution in [2.75, 3.05) is 33.4 Å². The molecule has 0 saturated carbocycles. The van der Waals surface area contributed by atoms with Gasteiger partial charge in [-0.05, 0) is 25.2 Å². The maximum absolute atomic E-state index is 5.51. The van der Waals surface area contributed by atoms with Crippen LogP contribution in [0.4, 0.5) is 0 Å². The first-order valence-electron chi connectivity index (χ1n) is 5.35. The predicted molar refractivity (Wildman–Crippen MR) is 56.9 cm³/mol. The van der Waals surface area contributed by atoms with Crippen LogP contribution in [-0.2, 0) is 9.57 Å². The minimum absolute atomic E-state index is 0.734. The van der Waals surface area contributed by atoms with E-state index in [9.17, 15) is 0 Å². The van der Waals surface area contributed by atoms with E-state index in [-0.39, 0.29) is 0 Å². The van der Waals surface area contributed by atoms with Gasteiger partial charge < -0.3 is 4.74 Å². The van der Waals surface area contributed by atoms with Gasteiger partial charge in [-0.25, -0.2) is 0 Å².